The first-order chi connectivity index (χ1) is 8.74. The average molecular weight is 249 g/mol. The van der Waals surface area contributed by atoms with E-state index in [9.17, 15) is 0 Å². The Morgan fingerprint density at radius 3 is 2.89 bits per heavy atom. The van der Waals surface area contributed by atoms with Gasteiger partial charge >= 0.3 is 0 Å². The maximum atomic E-state index is 5.95. The van der Waals surface area contributed by atoms with E-state index in [2.05, 4.69) is 31.0 Å². The molecule has 0 amide bonds. The maximum Gasteiger partial charge on any atom is 0.0938 e. The topological polar surface area (TPSA) is 21.7 Å². The molecule has 3 heteroatoms. The Kier molecular flexibility index (Phi) is 5.17. The Balaban J connectivity index is 1.75. The lowest BCUT2D eigenvalue weighted by Gasteiger charge is -2.20. The van der Waals surface area contributed by atoms with Gasteiger partial charge in [-0.2, -0.15) is 0 Å². The van der Waals surface area contributed by atoms with Crippen molar-refractivity contribution >= 4 is 0 Å². The van der Waals surface area contributed by atoms with Crippen molar-refractivity contribution in [1.82, 2.24) is 4.90 Å². The summed E-state index contributed by atoms with van der Waals surface area (Å²) in [5, 5.41) is 0. The Bertz CT molecular complexity index is 330. The number of benzene rings is 1. The van der Waals surface area contributed by atoms with E-state index >= 15 is 0 Å². The van der Waals surface area contributed by atoms with E-state index in [4.69, 9.17) is 9.47 Å². The summed E-state index contributed by atoms with van der Waals surface area (Å²) in [6.45, 7) is 5.54. The van der Waals surface area contributed by atoms with Crippen molar-refractivity contribution < 1.29 is 9.47 Å². The molecule has 0 unspecified atom stereocenters. The molecule has 0 aliphatic carbocycles. The number of hydrogen-bond donors (Lipinski definition) is 0. The third-order valence-electron chi connectivity index (χ3n) is 3.27. The molecule has 1 saturated heterocycles. The monoisotopic (exact) mass is 249 g/mol. The lowest BCUT2D eigenvalue weighted by Crippen LogP contribution is -2.32. The molecule has 0 N–H and O–H groups in total. The Labute approximate surface area is 110 Å². The fourth-order valence-corrected chi connectivity index (χ4v) is 2.26. The van der Waals surface area contributed by atoms with Gasteiger partial charge in [-0.1, -0.05) is 30.3 Å². The first-order valence-corrected chi connectivity index (χ1v) is 6.69. The van der Waals surface area contributed by atoms with E-state index in [0.29, 0.717) is 19.3 Å². The second-order valence-corrected chi connectivity index (χ2v) is 5.12. The fourth-order valence-electron chi connectivity index (χ4n) is 2.26. The summed E-state index contributed by atoms with van der Waals surface area (Å²) in [6, 6.07) is 10.3. The fraction of sp³-hybridized carbons (Fsp3) is 0.600. The normalized spacial score (nSPS) is 25.9. The van der Waals surface area contributed by atoms with Crippen LogP contribution in [0.3, 0.4) is 0 Å². The molecule has 18 heavy (non-hydrogen) atoms. The third-order valence-corrected chi connectivity index (χ3v) is 3.27. The lowest BCUT2D eigenvalue weighted by molar-refractivity contribution is -0.0499. The van der Waals surface area contributed by atoms with Crippen LogP contribution in [-0.4, -0.2) is 43.9 Å². The molecule has 1 heterocycles. The van der Waals surface area contributed by atoms with Gasteiger partial charge in [0.1, 0.15) is 0 Å². The summed E-state index contributed by atoms with van der Waals surface area (Å²) in [6.07, 6.45) is 1.63. The number of hydrogen-bond acceptors (Lipinski definition) is 3. The molecule has 1 aromatic carbocycles. The maximum absolute atomic E-state index is 5.95. The highest BCUT2D eigenvalue weighted by atomic mass is 16.5. The van der Waals surface area contributed by atoms with E-state index < -0.39 is 0 Å². The molecule has 1 fully saturated rings. The van der Waals surface area contributed by atoms with E-state index in [-0.39, 0.29) is 6.10 Å². The molecular weight excluding hydrogens is 226 g/mol. The van der Waals surface area contributed by atoms with Crippen molar-refractivity contribution in [3.8, 4) is 0 Å². The largest absolute Gasteiger partial charge is 0.374 e. The molecule has 2 rings (SSSR count). The molecule has 0 spiro atoms. The molecule has 0 radical (unpaired) electrons. The average Bonchev–Trinajstić information content (AvgIpc) is 2.52. The Morgan fingerprint density at radius 2 is 2.11 bits per heavy atom. The van der Waals surface area contributed by atoms with Crippen molar-refractivity contribution in [3.05, 3.63) is 35.9 Å². The van der Waals surface area contributed by atoms with E-state index in [1.807, 2.05) is 18.2 Å². The summed E-state index contributed by atoms with van der Waals surface area (Å²) in [4.78, 5) is 2.32. The standard InChI is InChI=1S/C15H23NO2/c1-13-8-9-16(2)10-15(18-13)12-17-11-14-6-4-3-5-7-14/h3-7,13,15H,8-12H2,1-2H3/t13-,15-/m1/s1. The minimum absolute atomic E-state index is 0.191. The van der Waals surface area contributed by atoms with E-state index in [1.54, 1.807) is 0 Å². The lowest BCUT2D eigenvalue weighted by atomic mass is 10.2. The molecule has 100 valence electrons. The first-order valence-electron chi connectivity index (χ1n) is 6.69. The van der Waals surface area contributed by atoms with Crippen molar-refractivity contribution in [2.24, 2.45) is 0 Å². The van der Waals surface area contributed by atoms with Crippen LogP contribution in [0.4, 0.5) is 0 Å². The smallest absolute Gasteiger partial charge is 0.0938 e. The van der Waals surface area contributed by atoms with Gasteiger partial charge in [0.15, 0.2) is 0 Å². The summed E-state index contributed by atoms with van der Waals surface area (Å²) in [5.41, 5.74) is 1.22. The van der Waals surface area contributed by atoms with Gasteiger partial charge in [0.05, 0.1) is 25.4 Å². The number of ether oxygens (including phenoxy) is 2. The molecule has 0 bridgehead atoms. The van der Waals surface area contributed by atoms with Gasteiger partial charge < -0.3 is 14.4 Å². The van der Waals surface area contributed by atoms with Crippen LogP contribution < -0.4 is 0 Å². The minimum atomic E-state index is 0.191. The zero-order valence-electron chi connectivity index (χ0n) is 11.3. The highest BCUT2D eigenvalue weighted by Gasteiger charge is 2.20. The summed E-state index contributed by atoms with van der Waals surface area (Å²) < 4.78 is 11.7. The summed E-state index contributed by atoms with van der Waals surface area (Å²) in [5.74, 6) is 0. The Morgan fingerprint density at radius 1 is 1.33 bits per heavy atom. The van der Waals surface area contributed by atoms with Crippen LogP contribution in [0.25, 0.3) is 0 Å². The van der Waals surface area contributed by atoms with Gasteiger partial charge in [-0.15, -0.1) is 0 Å². The van der Waals surface area contributed by atoms with Crippen molar-refractivity contribution in [2.45, 2.75) is 32.2 Å². The molecule has 1 aromatic rings. The van der Waals surface area contributed by atoms with Crippen molar-refractivity contribution in [1.29, 1.82) is 0 Å². The van der Waals surface area contributed by atoms with Crippen LogP contribution >= 0.6 is 0 Å². The number of nitrogens with zero attached hydrogens (tertiary/aromatic N) is 1. The molecule has 3 nitrogen and oxygen atoms in total. The zero-order valence-corrected chi connectivity index (χ0v) is 11.3. The minimum Gasteiger partial charge on any atom is -0.374 e. The van der Waals surface area contributed by atoms with Crippen LogP contribution in [0.2, 0.25) is 0 Å². The molecule has 2 atom stereocenters. The first kappa shape index (κ1) is 13.5. The van der Waals surface area contributed by atoms with Crippen LogP contribution in [0.1, 0.15) is 18.9 Å². The molecule has 1 aliphatic heterocycles. The molecular formula is C15H23NO2. The zero-order chi connectivity index (χ0) is 12.8. The van der Waals surface area contributed by atoms with Crippen LogP contribution in [-0.2, 0) is 16.1 Å². The van der Waals surface area contributed by atoms with Gasteiger partial charge in [0.2, 0.25) is 0 Å². The predicted octanol–water partition coefficient (Wildman–Crippen LogP) is 2.31. The Hall–Kier alpha value is -0.900. The highest BCUT2D eigenvalue weighted by Crippen LogP contribution is 2.11. The quantitative estimate of drug-likeness (QED) is 0.817. The SMILES string of the molecule is C[C@@H]1CCN(C)C[C@H](COCc2ccccc2)O1. The number of likely N-dealkylation sites (N-methyl/N-ethyl adjacent to an activating group) is 1. The summed E-state index contributed by atoms with van der Waals surface area (Å²) in [7, 11) is 2.14. The summed E-state index contributed by atoms with van der Waals surface area (Å²) >= 11 is 0. The van der Waals surface area contributed by atoms with Crippen molar-refractivity contribution in [3.63, 3.8) is 0 Å². The second-order valence-electron chi connectivity index (χ2n) is 5.12. The molecule has 1 aliphatic rings. The van der Waals surface area contributed by atoms with Gasteiger partial charge in [-0.05, 0) is 26.0 Å². The number of rotatable bonds is 4. The van der Waals surface area contributed by atoms with Gasteiger partial charge in [0, 0.05) is 13.1 Å². The van der Waals surface area contributed by atoms with Crippen LogP contribution in [0.15, 0.2) is 30.3 Å². The van der Waals surface area contributed by atoms with Crippen molar-refractivity contribution in [2.75, 3.05) is 26.7 Å². The van der Waals surface area contributed by atoms with Gasteiger partial charge in [0.25, 0.3) is 0 Å². The molecule has 0 aromatic heterocycles. The molecule has 0 saturated carbocycles. The van der Waals surface area contributed by atoms with E-state index in [0.717, 1.165) is 19.5 Å². The highest BCUT2D eigenvalue weighted by molar-refractivity contribution is 5.13. The van der Waals surface area contributed by atoms with Crippen LogP contribution in [0, 0.1) is 0 Å². The van der Waals surface area contributed by atoms with Gasteiger partial charge in [-0.3, -0.25) is 0 Å². The van der Waals surface area contributed by atoms with Gasteiger partial charge in [-0.25, -0.2) is 0 Å². The predicted molar refractivity (Wildman–Crippen MR) is 72.5 cm³/mol. The van der Waals surface area contributed by atoms with E-state index in [1.165, 1.54) is 5.56 Å². The van der Waals surface area contributed by atoms with Crippen LogP contribution in [0.5, 0.6) is 0 Å². The third kappa shape index (κ3) is 4.41. The second kappa shape index (κ2) is 6.88.